The highest BCUT2D eigenvalue weighted by Gasteiger charge is 2.45. The molecule has 16 heavy (non-hydrogen) atoms. The Morgan fingerprint density at radius 2 is 2.12 bits per heavy atom. The Hall–Kier alpha value is -1.10. The lowest BCUT2D eigenvalue weighted by Crippen LogP contribution is -2.40. The number of carbonyl (C=O) groups is 1. The molecular weight excluding hydrogens is 224 g/mol. The van der Waals surface area contributed by atoms with Crippen LogP contribution in [0.1, 0.15) is 42.8 Å². The number of carbonyl (C=O) groups excluding carboxylic acids is 1. The highest BCUT2D eigenvalue weighted by atomic mass is 32.1. The zero-order chi connectivity index (χ0) is 11.2. The van der Waals surface area contributed by atoms with Gasteiger partial charge < -0.3 is 4.74 Å². The lowest BCUT2D eigenvalue weighted by atomic mass is 9.82. The van der Waals surface area contributed by atoms with Crippen LogP contribution >= 0.6 is 11.3 Å². The van der Waals surface area contributed by atoms with Gasteiger partial charge in [-0.1, -0.05) is 6.42 Å². The Balaban J connectivity index is 2.08. The predicted octanol–water partition coefficient (Wildman–Crippen LogP) is 3.17. The summed E-state index contributed by atoms with van der Waals surface area (Å²) in [7, 11) is 0. The van der Waals surface area contributed by atoms with E-state index in [1.807, 2.05) is 6.92 Å². The van der Waals surface area contributed by atoms with E-state index in [-0.39, 0.29) is 6.09 Å². The molecule has 1 aliphatic heterocycles. The van der Waals surface area contributed by atoms with Gasteiger partial charge in [-0.2, -0.15) is 0 Å². The fraction of sp³-hybridized carbons (Fsp3) is 0.636. The maximum atomic E-state index is 11.6. The minimum absolute atomic E-state index is 0.321. The van der Waals surface area contributed by atoms with Crippen LogP contribution < -0.4 is 5.32 Å². The molecule has 0 atom stereocenters. The van der Waals surface area contributed by atoms with Gasteiger partial charge in [0.25, 0.3) is 0 Å². The number of hydrogen-bond acceptors (Lipinski definition) is 4. The van der Waals surface area contributed by atoms with Crippen LogP contribution in [0.3, 0.4) is 0 Å². The van der Waals surface area contributed by atoms with E-state index < -0.39 is 5.60 Å². The van der Waals surface area contributed by atoms with Crippen molar-refractivity contribution in [3.8, 4) is 0 Å². The first-order valence-corrected chi connectivity index (χ1v) is 6.49. The number of nitrogens with zero attached hydrogens (tertiary/aromatic N) is 1. The molecule has 2 heterocycles. The van der Waals surface area contributed by atoms with Crippen LogP contribution in [0.5, 0.6) is 0 Å². The van der Waals surface area contributed by atoms with Crippen LogP contribution in [-0.2, 0) is 10.3 Å². The maximum absolute atomic E-state index is 11.6. The summed E-state index contributed by atoms with van der Waals surface area (Å²) in [5, 5.41) is 4.62. The molecule has 86 valence electrons. The molecule has 0 saturated heterocycles. The van der Waals surface area contributed by atoms with Crippen molar-refractivity contribution in [1.82, 2.24) is 4.98 Å². The molecule has 1 spiro atoms. The molecule has 3 rings (SSSR count). The Morgan fingerprint density at radius 3 is 2.88 bits per heavy atom. The van der Waals surface area contributed by atoms with Crippen LogP contribution in [0.25, 0.3) is 0 Å². The van der Waals surface area contributed by atoms with E-state index in [2.05, 4.69) is 10.3 Å². The molecule has 1 aliphatic carbocycles. The van der Waals surface area contributed by atoms with Crippen molar-refractivity contribution in [1.29, 1.82) is 0 Å². The van der Waals surface area contributed by atoms with E-state index in [0.29, 0.717) is 0 Å². The quantitative estimate of drug-likeness (QED) is 0.755. The molecule has 0 unspecified atom stereocenters. The Bertz CT molecular complexity index is 435. The van der Waals surface area contributed by atoms with Crippen LogP contribution in [0, 0.1) is 6.92 Å². The van der Waals surface area contributed by atoms with Gasteiger partial charge in [0.15, 0.2) is 5.60 Å². The van der Waals surface area contributed by atoms with Crippen molar-refractivity contribution in [2.24, 2.45) is 0 Å². The summed E-state index contributed by atoms with van der Waals surface area (Å²) in [6, 6.07) is 0. The first-order valence-electron chi connectivity index (χ1n) is 5.67. The molecule has 0 radical (unpaired) electrons. The van der Waals surface area contributed by atoms with Crippen molar-refractivity contribution >= 4 is 22.4 Å². The van der Waals surface area contributed by atoms with Gasteiger partial charge in [0.05, 0.1) is 5.01 Å². The largest absolute Gasteiger partial charge is 0.436 e. The fourth-order valence-corrected chi connectivity index (χ4v) is 3.52. The lowest BCUT2D eigenvalue weighted by molar-refractivity contribution is -0.0208. The fourth-order valence-electron chi connectivity index (χ4n) is 2.63. The number of rotatable bonds is 0. The van der Waals surface area contributed by atoms with Crippen molar-refractivity contribution in [2.45, 2.75) is 44.6 Å². The minimum Gasteiger partial charge on any atom is -0.436 e. The molecule has 1 N–H and O–H groups in total. The normalized spacial score (nSPS) is 22.4. The molecule has 0 aromatic carbocycles. The van der Waals surface area contributed by atoms with Gasteiger partial charge in [-0.15, -0.1) is 11.3 Å². The summed E-state index contributed by atoms with van der Waals surface area (Å²) in [5.74, 6) is 0. The Morgan fingerprint density at radius 1 is 1.38 bits per heavy atom. The highest BCUT2D eigenvalue weighted by molar-refractivity contribution is 7.16. The molecule has 1 saturated carbocycles. The zero-order valence-corrected chi connectivity index (χ0v) is 10.0. The van der Waals surface area contributed by atoms with E-state index >= 15 is 0 Å². The first kappa shape index (κ1) is 10.1. The molecule has 0 bridgehead atoms. The number of thiazole rings is 1. The van der Waals surface area contributed by atoms with E-state index in [9.17, 15) is 4.79 Å². The number of aryl methyl sites for hydroxylation is 1. The predicted molar refractivity (Wildman–Crippen MR) is 61.7 cm³/mol. The van der Waals surface area contributed by atoms with Gasteiger partial charge in [-0.25, -0.2) is 9.78 Å². The minimum atomic E-state index is -0.430. The third kappa shape index (κ3) is 1.42. The van der Waals surface area contributed by atoms with E-state index in [1.54, 1.807) is 0 Å². The standard InChI is InChI=1S/C11H14N2O2S/c1-7-12-8-9(16-7)13-10(14)15-11(8)5-3-2-4-6-11/h2-6H2,1H3,(H,13,14). The molecular formula is C11H14N2O2S. The highest BCUT2D eigenvalue weighted by Crippen LogP contribution is 2.47. The summed E-state index contributed by atoms with van der Waals surface area (Å²) in [5.41, 5.74) is 0.523. The van der Waals surface area contributed by atoms with E-state index in [0.717, 1.165) is 41.4 Å². The summed E-state index contributed by atoms with van der Waals surface area (Å²) >= 11 is 1.54. The van der Waals surface area contributed by atoms with Crippen molar-refractivity contribution in [3.05, 3.63) is 10.7 Å². The maximum Gasteiger partial charge on any atom is 0.413 e. The van der Waals surface area contributed by atoms with Crippen molar-refractivity contribution < 1.29 is 9.53 Å². The third-order valence-electron chi connectivity index (χ3n) is 3.33. The molecule has 1 fully saturated rings. The van der Waals surface area contributed by atoms with Crippen molar-refractivity contribution in [3.63, 3.8) is 0 Å². The summed E-state index contributed by atoms with van der Waals surface area (Å²) < 4.78 is 5.55. The van der Waals surface area contributed by atoms with E-state index in [4.69, 9.17) is 4.74 Å². The topological polar surface area (TPSA) is 51.2 Å². The number of fused-ring (bicyclic) bond motifs is 2. The summed E-state index contributed by atoms with van der Waals surface area (Å²) in [6.45, 7) is 1.96. The second-order valence-electron chi connectivity index (χ2n) is 4.48. The first-order chi connectivity index (χ1) is 7.70. The summed E-state index contributed by atoms with van der Waals surface area (Å²) in [4.78, 5) is 16.1. The second kappa shape index (κ2) is 3.45. The SMILES string of the molecule is Cc1nc2c(s1)NC(=O)OC21CCCCC1. The average molecular weight is 238 g/mol. The smallest absolute Gasteiger partial charge is 0.413 e. The van der Waals surface area contributed by atoms with Gasteiger partial charge in [0, 0.05) is 0 Å². The number of nitrogens with one attached hydrogen (secondary N) is 1. The van der Waals surface area contributed by atoms with Crippen LogP contribution in [0.15, 0.2) is 0 Å². The number of hydrogen-bond donors (Lipinski definition) is 1. The van der Waals surface area contributed by atoms with Gasteiger partial charge in [0.2, 0.25) is 0 Å². The molecule has 4 nitrogen and oxygen atoms in total. The molecule has 2 aliphatic rings. The van der Waals surface area contributed by atoms with E-state index in [1.165, 1.54) is 17.8 Å². The number of anilines is 1. The third-order valence-corrected chi connectivity index (χ3v) is 4.22. The molecule has 5 heteroatoms. The van der Waals surface area contributed by atoms with Gasteiger partial charge >= 0.3 is 6.09 Å². The van der Waals surface area contributed by atoms with Gasteiger partial charge in [0.1, 0.15) is 10.7 Å². The average Bonchev–Trinajstić information content (AvgIpc) is 2.60. The monoisotopic (exact) mass is 238 g/mol. The number of amides is 1. The summed E-state index contributed by atoms with van der Waals surface area (Å²) in [6.07, 6.45) is 4.96. The van der Waals surface area contributed by atoms with Gasteiger partial charge in [-0.3, -0.25) is 5.32 Å². The number of ether oxygens (including phenoxy) is 1. The molecule has 1 amide bonds. The van der Waals surface area contributed by atoms with Crippen molar-refractivity contribution in [2.75, 3.05) is 5.32 Å². The van der Waals surface area contributed by atoms with Gasteiger partial charge in [-0.05, 0) is 32.6 Å². The Kier molecular flexibility index (Phi) is 2.17. The van der Waals surface area contributed by atoms with Crippen LogP contribution in [-0.4, -0.2) is 11.1 Å². The Labute approximate surface area is 98.0 Å². The molecule has 1 aromatic heterocycles. The molecule has 1 aromatic rings. The lowest BCUT2D eigenvalue weighted by Gasteiger charge is -2.38. The zero-order valence-electron chi connectivity index (χ0n) is 9.21. The number of aromatic nitrogens is 1. The van der Waals surface area contributed by atoms with Crippen LogP contribution in [0.2, 0.25) is 0 Å². The van der Waals surface area contributed by atoms with Crippen LogP contribution in [0.4, 0.5) is 9.80 Å². The second-order valence-corrected chi connectivity index (χ2v) is 5.68.